The lowest BCUT2D eigenvalue weighted by Gasteiger charge is -2.11. The van der Waals surface area contributed by atoms with Gasteiger partial charge in [-0.1, -0.05) is 28.1 Å². The molecular weight excluding hydrogens is 266 g/mol. The van der Waals surface area contributed by atoms with Gasteiger partial charge in [0.15, 0.2) is 0 Å². The van der Waals surface area contributed by atoms with Crippen molar-refractivity contribution in [2.24, 2.45) is 4.99 Å². The minimum absolute atomic E-state index is 0.310. The molecule has 0 N–H and O–H groups in total. The standard InChI is InChI=1S/C13H12BrNO/c1-9(2)10-5-11(7-12(14)6-10)13(3-4-13)15-8-16/h5-7H,1,3-4H2,2H3. The molecule has 16 heavy (non-hydrogen) atoms. The molecule has 1 aliphatic carbocycles. The molecule has 1 fully saturated rings. The van der Waals surface area contributed by atoms with Crippen molar-refractivity contribution in [1.29, 1.82) is 0 Å². The van der Waals surface area contributed by atoms with E-state index in [9.17, 15) is 4.79 Å². The highest BCUT2D eigenvalue weighted by molar-refractivity contribution is 9.10. The largest absolute Gasteiger partial charge is 0.235 e. The van der Waals surface area contributed by atoms with Crippen LogP contribution in [0.5, 0.6) is 0 Å². The number of aliphatic imine (C=N–C) groups is 1. The third kappa shape index (κ3) is 2.01. The van der Waals surface area contributed by atoms with Gasteiger partial charge >= 0.3 is 0 Å². The second kappa shape index (κ2) is 4.00. The number of benzene rings is 1. The van der Waals surface area contributed by atoms with Gasteiger partial charge in [0.2, 0.25) is 6.08 Å². The molecule has 0 aliphatic heterocycles. The zero-order valence-corrected chi connectivity index (χ0v) is 10.7. The van der Waals surface area contributed by atoms with Crippen molar-refractivity contribution in [3.05, 3.63) is 40.4 Å². The topological polar surface area (TPSA) is 29.4 Å². The highest BCUT2D eigenvalue weighted by atomic mass is 79.9. The molecule has 82 valence electrons. The summed E-state index contributed by atoms with van der Waals surface area (Å²) >= 11 is 3.47. The van der Waals surface area contributed by atoms with E-state index in [0.29, 0.717) is 0 Å². The summed E-state index contributed by atoms with van der Waals surface area (Å²) < 4.78 is 0.996. The number of nitrogens with zero attached hydrogens (tertiary/aromatic N) is 1. The second-order valence-corrected chi connectivity index (χ2v) is 5.16. The molecule has 1 aromatic rings. The Labute approximate surface area is 103 Å². The van der Waals surface area contributed by atoms with Crippen LogP contribution in [0, 0.1) is 0 Å². The number of allylic oxidation sites excluding steroid dienone is 1. The minimum Gasteiger partial charge on any atom is -0.211 e. The highest BCUT2D eigenvalue weighted by Crippen LogP contribution is 2.50. The summed E-state index contributed by atoms with van der Waals surface area (Å²) in [5.41, 5.74) is 2.85. The Morgan fingerprint density at radius 2 is 2.19 bits per heavy atom. The van der Waals surface area contributed by atoms with Crippen LogP contribution in [0.15, 0.2) is 34.2 Å². The van der Waals surface area contributed by atoms with Crippen LogP contribution in [0.25, 0.3) is 5.57 Å². The van der Waals surface area contributed by atoms with Crippen molar-refractivity contribution in [3.8, 4) is 0 Å². The summed E-state index contributed by atoms with van der Waals surface area (Å²) in [4.78, 5) is 14.3. The van der Waals surface area contributed by atoms with Gasteiger partial charge < -0.3 is 0 Å². The van der Waals surface area contributed by atoms with Crippen molar-refractivity contribution in [3.63, 3.8) is 0 Å². The summed E-state index contributed by atoms with van der Waals surface area (Å²) in [6.07, 6.45) is 3.52. The molecule has 0 bridgehead atoms. The third-order valence-corrected chi connectivity index (χ3v) is 3.37. The SMILES string of the molecule is C=C(C)c1cc(Br)cc(C2(N=C=O)CC2)c1. The van der Waals surface area contributed by atoms with Crippen LogP contribution in [0.2, 0.25) is 0 Å². The van der Waals surface area contributed by atoms with E-state index in [-0.39, 0.29) is 5.54 Å². The summed E-state index contributed by atoms with van der Waals surface area (Å²) in [6.45, 7) is 5.89. The monoisotopic (exact) mass is 277 g/mol. The van der Waals surface area contributed by atoms with Crippen LogP contribution in [0.3, 0.4) is 0 Å². The van der Waals surface area contributed by atoms with E-state index in [2.05, 4.69) is 33.6 Å². The lowest BCUT2D eigenvalue weighted by atomic mass is 10.00. The van der Waals surface area contributed by atoms with Crippen LogP contribution in [-0.4, -0.2) is 6.08 Å². The lowest BCUT2D eigenvalue weighted by molar-refractivity contribution is 0.556. The molecule has 1 aliphatic rings. The fraction of sp³-hybridized carbons (Fsp3) is 0.308. The van der Waals surface area contributed by atoms with Gasteiger partial charge in [-0.3, -0.25) is 0 Å². The van der Waals surface area contributed by atoms with Gasteiger partial charge in [0.05, 0.1) is 5.54 Å². The molecule has 1 aromatic carbocycles. The number of isocyanates is 1. The molecule has 2 nitrogen and oxygen atoms in total. The summed E-state index contributed by atoms with van der Waals surface area (Å²) in [5.74, 6) is 0. The van der Waals surface area contributed by atoms with Crippen LogP contribution in [0.4, 0.5) is 0 Å². The summed E-state index contributed by atoms with van der Waals surface area (Å²) in [7, 11) is 0. The quantitative estimate of drug-likeness (QED) is 0.610. The Hall–Kier alpha value is -1.18. The first-order valence-electron chi connectivity index (χ1n) is 5.13. The predicted molar refractivity (Wildman–Crippen MR) is 67.9 cm³/mol. The fourth-order valence-corrected chi connectivity index (χ4v) is 2.27. The number of carbonyl (C=O) groups excluding carboxylic acids is 1. The average Bonchev–Trinajstić information content (AvgIpc) is 2.98. The maximum atomic E-state index is 10.4. The van der Waals surface area contributed by atoms with Gasteiger partial charge in [-0.2, -0.15) is 4.99 Å². The van der Waals surface area contributed by atoms with Crippen molar-refractivity contribution in [1.82, 2.24) is 0 Å². The molecule has 0 amide bonds. The molecule has 0 unspecified atom stereocenters. The number of halogens is 1. The van der Waals surface area contributed by atoms with Crippen molar-refractivity contribution < 1.29 is 4.79 Å². The van der Waals surface area contributed by atoms with E-state index >= 15 is 0 Å². The number of rotatable bonds is 3. The molecule has 3 heteroatoms. The number of hydrogen-bond donors (Lipinski definition) is 0. The van der Waals surface area contributed by atoms with Crippen molar-refractivity contribution in [2.75, 3.05) is 0 Å². The van der Waals surface area contributed by atoms with E-state index in [1.807, 2.05) is 19.1 Å². The van der Waals surface area contributed by atoms with Crippen LogP contribution < -0.4 is 0 Å². The van der Waals surface area contributed by atoms with Gasteiger partial charge in [-0.15, -0.1) is 0 Å². The number of hydrogen-bond acceptors (Lipinski definition) is 2. The van der Waals surface area contributed by atoms with E-state index in [1.54, 1.807) is 6.08 Å². The van der Waals surface area contributed by atoms with Gasteiger partial charge in [0.1, 0.15) is 0 Å². The van der Waals surface area contributed by atoms with Crippen LogP contribution in [-0.2, 0) is 10.3 Å². The zero-order chi connectivity index (χ0) is 11.8. The zero-order valence-electron chi connectivity index (χ0n) is 9.09. The smallest absolute Gasteiger partial charge is 0.211 e. The van der Waals surface area contributed by atoms with E-state index in [1.165, 1.54) is 0 Å². The first-order valence-corrected chi connectivity index (χ1v) is 5.93. The summed E-state index contributed by atoms with van der Waals surface area (Å²) in [5, 5.41) is 0. The third-order valence-electron chi connectivity index (χ3n) is 2.91. The van der Waals surface area contributed by atoms with Crippen LogP contribution >= 0.6 is 15.9 Å². The fourth-order valence-electron chi connectivity index (χ4n) is 1.78. The molecule has 0 radical (unpaired) electrons. The molecule has 0 heterocycles. The average molecular weight is 278 g/mol. The minimum atomic E-state index is -0.310. The molecule has 0 spiro atoms. The van der Waals surface area contributed by atoms with Crippen molar-refractivity contribution in [2.45, 2.75) is 25.3 Å². The Kier molecular flexibility index (Phi) is 2.83. The molecule has 1 saturated carbocycles. The van der Waals surface area contributed by atoms with Gasteiger partial charge in [0, 0.05) is 4.47 Å². The predicted octanol–water partition coefficient (Wildman–Crippen LogP) is 3.81. The first kappa shape index (κ1) is 11.3. The van der Waals surface area contributed by atoms with Gasteiger partial charge in [0.25, 0.3) is 0 Å². The van der Waals surface area contributed by atoms with E-state index in [0.717, 1.165) is 34.0 Å². The Balaban J connectivity index is 2.50. The first-order chi connectivity index (χ1) is 7.57. The lowest BCUT2D eigenvalue weighted by Crippen LogP contribution is -2.02. The normalized spacial score (nSPS) is 16.4. The molecule has 0 saturated heterocycles. The highest BCUT2D eigenvalue weighted by Gasteiger charge is 2.45. The molecular formula is C13H12BrNO. The Bertz CT molecular complexity index is 497. The summed E-state index contributed by atoms with van der Waals surface area (Å²) in [6, 6.07) is 6.09. The van der Waals surface area contributed by atoms with E-state index < -0.39 is 0 Å². The molecule has 2 rings (SSSR count). The Morgan fingerprint density at radius 3 is 2.69 bits per heavy atom. The maximum absolute atomic E-state index is 10.4. The van der Waals surface area contributed by atoms with Crippen molar-refractivity contribution >= 4 is 27.6 Å². The molecule has 0 aromatic heterocycles. The maximum Gasteiger partial charge on any atom is 0.235 e. The van der Waals surface area contributed by atoms with Gasteiger partial charge in [-0.25, -0.2) is 4.79 Å². The Morgan fingerprint density at radius 1 is 1.50 bits per heavy atom. The van der Waals surface area contributed by atoms with E-state index in [4.69, 9.17) is 0 Å². The molecule has 0 atom stereocenters. The van der Waals surface area contributed by atoms with Gasteiger partial charge in [-0.05, 0) is 49.1 Å². The second-order valence-electron chi connectivity index (χ2n) is 4.24. The van der Waals surface area contributed by atoms with Crippen LogP contribution in [0.1, 0.15) is 30.9 Å².